The molecule has 0 aliphatic carbocycles. The Morgan fingerprint density at radius 1 is 1.50 bits per heavy atom. The first-order valence-corrected chi connectivity index (χ1v) is 5.01. The second-order valence-corrected chi connectivity index (χ2v) is 3.69. The minimum Gasteiger partial charge on any atom is -0.382 e. The monoisotopic (exact) mass is 196 g/mol. The molecule has 14 heavy (non-hydrogen) atoms. The Bertz CT molecular complexity index is 288. The Labute approximate surface area is 84.6 Å². The molecule has 2 nitrogen and oxygen atoms in total. The number of rotatable bonds is 4. The normalized spacial score (nSPS) is 14.9. The minimum absolute atomic E-state index is 0.349. The Hall–Kier alpha value is -1.12. The van der Waals surface area contributed by atoms with Crippen LogP contribution in [0.2, 0.25) is 0 Å². The molecule has 0 saturated carbocycles. The van der Waals surface area contributed by atoms with Gasteiger partial charge in [0.2, 0.25) is 5.95 Å². The fourth-order valence-corrected chi connectivity index (χ4v) is 1.25. The summed E-state index contributed by atoms with van der Waals surface area (Å²) in [5, 5.41) is 3.25. The summed E-state index contributed by atoms with van der Waals surface area (Å²) in [7, 11) is 0. The van der Waals surface area contributed by atoms with Crippen molar-refractivity contribution >= 4 is 5.69 Å². The summed E-state index contributed by atoms with van der Waals surface area (Å²) in [4.78, 5) is 3.51. The second kappa shape index (κ2) is 4.94. The average Bonchev–Trinajstić information content (AvgIpc) is 2.16. The van der Waals surface area contributed by atoms with Crippen LogP contribution in [0.4, 0.5) is 10.1 Å². The highest BCUT2D eigenvalue weighted by molar-refractivity contribution is 5.42. The van der Waals surface area contributed by atoms with Gasteiger partial charge in [-0.25, -0.2) is 4.98 Å². The molecule has 1 aromatic rings. The van der Waals surface area contributed by atoms with Gasteiger partial charge in [-0.3, -0.25) is 0 Å². The van der Waals surface area contributed by atoms with Crippen LogP contribution in [-0.4, -0.2) is 11.0 Å². The molecular formula is C11H17FN2. The maximum Gasteiger partial charge on any atom is 0.214 e. The van der Waals surface area contributed by atoms with Crippen LogP contribution in [0.15, 0.2) is 18.3 Å². The smallest absolute Gasteiger partial charge is 0.214 e. The molecule has 1 rings (SSSR count). The van der Waals surface area contributed by atoms with E-state index >= 15 is 0 Å². The van der Waals surface area contributed by atoms with Crippen LogP contribution in [0, 0.1) is 11.9 Å². The summed E-state index contributed by atoms with van der Waals surface area (Å²) >= 11 is 0. The van der Waals surface area contributed by atoms with Crippen molar-refractivity contribution in [3.05, 3.63) is 24.3 Å². The van der Waals surface area contributed by atoms with Crippen LogP contribution in [0.5, 0.6) is 0 Å². The van der Waals surface area contributed by atoms with Crippen molar-refractivity contribution in [3.8, 4) is 0 Å². The number of aromatic nitrogens is 1. The molecule has 0 saturated heterocycles. The number of pyridine rings is 1. The Morgan fingerprint density at radius 2 is 2.21 bits per heavy atom. The largest absolute Gasteiger partial charge is 0.382 e. The van der Waals surface area contributed by atoms with Crippen LogP contribution in [-0.2, 0) is 0 Å². The van der Waals surface area contributed by atoms with E-state index in [0.29, 0.717) is 12.0 Å². The molecule has 0 aliphatic heterocycles. The van der Waals surface area contributed by atoms with Gasteiger partial charge in [0.05, 0.1) is 0 Å². The minimum atomic E-state index is -0.439. The van der Waals surface area contributed by atoms with Crippen LogP contribution in [0.1, 0.15) is 27.2 Å². The van der Waals surface area contributed by atoms with Gasteiger partial charge in [-0.1, -0.05) is 20.3 Å². The number of halogens is 1. The number of nitrogens with one attached hydrogen (secondary N) is 1. The van der Waals surface area contributed by atoms with E-state index in [-0.39, 0.29) is 0 Å². The van der Waals surface area contributed by atoms with E-state index in [0.717, 1.165) is 12.1 Å². The summed E-state index contributed by atoms with van der Waals surface area (Å²) in [6.07, 6.45) is 2.59. The van der Waals surface area contributed by atoms with Crippen molar-refractivity contribution in [1.82, 2.24) is 4.98 Å². The molecule has 1 aromatic heterocycles. The SMILES string of the molecule is CCC(C)C(C)Nc1ccnc(F)c1. The van der Waals surface area contributed by atoms with Gasteiger partial charge in [0, 0.05) is 24.0 Å². The van der Waals surface area contributed by atoms with E-state index in [1.807, 2.05) is 0 Å². The van der Waals surface area contributed by atoms with E-state index in [1.165, 1.54) is 12.3 Å². The first kappa shape index (κ1) is 11.0. The second-order valence-electron chi connectivity index (χ2n) is 3.69. The van der Waals surface area contributed by atoms with Gasteiger partial charge in [-0.05, 0) is 18.9 Å². The zero-order valence-electron chi connectivity index (χ0n) is 8.92. The molecule has 2 atom stereocenters. The molecule has 0 amide bonds. The van der Waals surface area contributed by atoms with Crippen molar-refractivity contribution in [3.63, 3.8) is 0 Å². The topological polar surface area (TPSA) is 24.9 Å². The molecule has 3 heteroatoms. The van der Waals surface area contributed by atoms with Gasteiger partial charge < -0.3 is 5.32 Å². The third-order valence-corrected chi connectivity index (χ3v) is 2.62. The molecular weight excluding hydrogens is 179 g/mol. The Balaban J connectivity index is 2.60. The molecule has 1 N–H and O–H groups in total. The summed E-state index contributed by atoms with van der Waals surface area (Å²) in [6.45, 7) is 6.43. The van der Waals surface area contributed by atoms with Gasteiger partial charge in [0.15, 0.2) is 0 Å². The fourth-order valence-electron chi connectivity index (χ4n) is 1.25. The van der Waals surface area contributed by atoms with Crippen molar-refractivity contribution in [2.75, 3.05) is 5.32 Å². The molecule has 1 heterocycles. The van der Waals surface area contributed by atoms with Crippen LogP contribution >= 0.6 is 0 Å². The predicted molar refractivity (Wildman–Crippen MR) is 56.7 cm³/mol. The molecule has 0 aliphatic rings. The summed E-state index contributed by atoms with van der Waals surface area (Å²) < 4.78 is 12.7. The van der Waals surface area contributed by atoms with Crippen molar-refractivity contribution in [2.45, 2.75) is 33.2 Å². The number of anilines is 1. The van der Waals surface area contributed by atoms with Crippen molar-refractivity contribution in [1.29, 1.82) is 0 Å². The van der Waals surface area contributed by atoms with Gasteiger partial charge in [-0.2, -0.15) is 4.39 Å². The summed E-state index contributed by atoms with van der Waals surface area (Å²) in [6, 6.07) is 3.54. The number of hydrogen-bond acceptors (Lipinski definition) is 2. The maximum absolute atomic E-state index is 12.7. The summed E-state index contributed by atoms with van der Waals surface area (Å²) in [5.74, 6) is 0.137. The highest BCUT2D eigenvalue weighted by Gasteiger charge is 2.09. The lowest BCUT2D eigenvalue weighted by Crippen LogP contribution is -2.23. The average molecular weight is 196 g/mol. The van der Waals surface area contributed by atoms with E-state index < -0.39 is 5.95 Å². The molecule has 0 radical (unpaired) electrons. The van der Waals surface area contributed by atoms with Crippen LogP contribution in [0.3, 0.4) is 0 Å². The van der Waals surface area contributed by atoms with Gasteiger partial charge in [0.1, 0.15) is 0 Å². The molecule has 0 aromatic carbocycles. The van der Waals surface area contributed by atoms with E-state index in [1.54, 1.807) is 6.07 Å². The van der Waals surface area contributed by atoms with E-state index in [4.69, 9.17) is 0 Å². The molecule has 0 spiro atoms. The van der Waals surface area contributed by atoms with Gasteiger partial charge in [-0.15, -0.1) is 0 Å². The fraction of sp³-hybridized carbons (Fsp3) is 0.545. The van der Waals surface area contributed by atoms with E-state index in [9.17, 15) is 4.39 Å². The zero-order valence-corrected chi connectivity index (χ0v) is 8.92. The van der Waals surface area contributed by atoms with Crippen LogP contribution < -0.4 is 5.32 Å². The predicted octanol–water partition coefficient (Wildman–Crippen LogP) is 3.07. The number of hydrogen-bond donors (Lipinski definition) is 1. The van der Waals surface area contributed by atoms with Crippen molar-refractivity contribution in [2.24, 2.45) is 5.92 Å². The van der Waals surface area contributed by atoms with Crippen molar-refractivity contribution < 1.29 is 4.39 Å². The maximum atomic E-state index is 12.7. The molecule has 0 fully saturated rings. The van der Waals surface area contributed by atoms with E-state index in [2.05, 4.69) is 31.1 Å². The first-order chi connectivity index (χ1) is 6.63. The molecule has 2 unspecified atom stereocenters. The summed E-state index contributed by atoms with van der Waals surface area (Å²) in [5.41, 5.74) is 0.797. The number of nitrogens with zero attached hydrogens (tertiary/aromatic N) is 1. The Kier molecular flexibility index (Phi) is 3.86. The lowest BCUT2D eigenvalue weighted by Gasteiger charge is -2.20. The standard InChI is InChI=1S/C11H17FN2/c1-4-8(2)9(3)14-10-5-6-13-11(12)7-10/h5-9H,4H2,1-3H3,(H,13,14). The third kappa shape index (κ3) is 2.98. The van der Waals surface area contributed by atoms with Gasteiger partial charge >= 0.3 is 0 Å². The lowest BCUT2D eigenvalue weighted by atomic mass is 10.0. The third-order valence-electron chi connectivity index (χ3n) is 2.62. The first-order valence-electron chi connectivity index (χ1n) is 5.01. The zero-order chi connectivity index (χ0) is 10.6. The highest BCUT2D eigenvalue weighted by Crippen LogP contribution is 2.14. The van der Waals surface area contributed by atoms with Gasteiger partial charge in [0.25, 0.3) is 0 Å². The highest BCUT2D eigenvalue weighted by atomic mass is 19.1. The molecule has 0 bridgehead atoms. The Morgan fingerprint density at radius 3 is 2.79 bits per heavy atom. The van der Waals surface area contributed by atoms with Crippen LogP contribution in [0.25, 0.3) is 0 Å². The quantitative estimate of drug-likeness (QED) is 0.748. The molecule has 78 valence electrons. The lowest BCUT2D eigenvalue weighted by molar-refractivity contribution is 0.494.